The summed E-state index contributed by atoms with van der Waals surface area (Å²) in [5, 5.41) is 3.67. The highest BCUT2D eigenvalue weighted by atomic mass is 32.2. The Hall–Kier alpha value is 0.270. The monoisotopic (exact) mass is 244 g/mol. The third kappa shape index (κ3) is 5.07. The average molecular weight is 244 g/mol. The molecular weight excluding hydrogens is 216 g/mol. The van der Waals surface area contributed by atoms with Gasteiger partial charge < -0.3 is 5.32 Å². The lowest BCUT2D eigenvalue weighted by molar-refractivity contribution is 0.132. The van der Waals surface area contributed by atoms with Crippen molar-refractivity contribution in [3.63, 3.8) is 0 Å². The van der Waals surface area contributed by atoms with Gasteiger partial charge in [0.1, 0.15) is 0 Å². The number of piperazine rings is 1. The molecule has 0 bridgehead atoms. The van der Waals surface area contributed by atoms with Crippen LogP contribution >= 0.6 is 11.8 Å². The van der Waals surface area contributed by atoms with Gasteiger partial charge in [-0.25, -0.2) is 0 Å². The summed E-state index contributed by atoms with van der Waals surface area (Å²) < 4.78 is 0. The van der Waals surface area contributed by atoms with Crippen molar-refractivity contribution >= 4 is 11.8 Å². The maximum atomic E-state index is 3.67. The van der Waals surface area contributed by atoms with Crippen LogP contribution in [0.25, 0.3) is 0 Å². The van der Waals surface area contributed by atoms with E-state index in [1.165, 1.54) is 31.7 Å². The van der Waals surface area contributed by atoms with Gasteiger partial charge >= 0.3 is 0 Å². The molecule has 0 aromatic heterocycles. The van der Waals surface area contributed by atoms with Crippen LogP contribution in [0, 0.1) is 5.92 Å². The van der Waals surface area contributed by atoms with Crippen LogP contribution in [-0.2, 0) is 0 Å². The predicted molar refractivity (Wildman–Crippen MR) is 75.3 cm³/mol. The van der Waals surface area contributed by atoms with Gasteiger partial charge in [-0.2, -0.15) is 11.8 Å². The normalized spacial score (nSPS) is 27.6. The Kier molecular flexibility index (Phi) is 6.78. The van der Waals surface area contributed by atoms with Gasteiger partial charge in [-0.05, 0) is 44.2 Å². The number of hydrogen-bond donors (Lipinski definition) is 1. The van der Waals surface area contributed by atoms with E-state index >= 15 is 0 Å². The van der Waals surface area contributed by atoms with E-state index in [-0.39, 0.29) is 0 Å². The molecule has 0 radical (unpaired) electrons. The Morgan fingerprint density at radius 1 is 1.44 bits per heavy atom. The van der Waals surface area contributed by atoms with E-state index in [0.29, 0.717) is 12.1 Å². The van der Waals surface area contributed by atoms with E-state index in [9.17, 15) is 0 Å². The Balaban J connectivity index is 2.30. The zero-order valence-electron chi connectivity index (χ0n) is 11.3. The fourth-order valence-corrected chi connectivity index (χ4v) is 2.86. The largest absolute Gasteiger partial charge is 0.311 e. The van der Waals surface area contributed by atoms with Gasteiger partial charge in [0.25, 0.3) is 0 Å². The summed E-state index contributed by atoms with van der Waals surface area (Å²) in [6.07, 6.45) is 4.84. The average Bonchev–Trinajstić information content (AvgIpc) is 2.22. The third-order valence-electron chi connectivity index (χ3n) is 3.33. The number of rotatable bonds is 6. The standard InChI is InChI=1S/C13H28N2S/c1-11(2)8-13-10-15(6-5-7-16-4)12(3)9-14-13/h11-14H,5-10H2,1-4H3. The molecule has 0 saturated carbocycles. The molecule has 1 N–H and O–H groups in total. The zero-order valence-corrected chi connectivity index (χ0v) is 12.1. The quantitative estimate of drug-likeness (QED) is 0.723. The Morgan fingerprint density at radius 2 is 2.19 bits per heavy atom. The molecule has 1 heterocycles. The number of nitrogens with zero attached hydrogens (tertiary/aromatic N) is 1. The van der Waals surface area contributed by atoms with Crippen LogP contribution in [0.1, 0.15) is 33.6 Å². The minimum Gasteiger partial charge on any atom is -0.311 e. The molecule has 2 atom stereocenters. The summed E-state index contributed by atoms with van der Waals surface area (Å²) in [5.74, 6) is 2.10. The van der Waals surface area contributed by atoms with Crippen LogP contribution in [0.4, 0.5) is 0 Å². The molecular formula is C13H28N2S. The van der Waals surface area contributed by atoms with Gasteiger partial charge in [0.2, 0.25) is 0 Å². The molecule has 0 aliphatic carbocycles. The van der Waals surface area contributed by atoms with E-state index in [1.807, 2.05) is 11.8 Å². The molecule has 16 heavy (non-hydrogen) atoms. The lowest BCUT2D eigenvalue weighted by Gasteiger charge is -2.39. The maximum Gasteiger partial charge on any atom is 0.0198 e. The molecule has 1 saturated heterocycles. The van der Waals surface area contributed by atoms with E-state index in [1.54, 1.807) is 0 Å². The van der Waals surface area contributed by atoms with Crippen LogP contribution in [0.2, 0.25) is 0 Å². The van der Waals surface area contributed by atoms with Gasteiger partial charge in [0.05, 0.1) is 0 Å². The zero-order chi connectivity index (χ0) is 12.0. The minimum atomic E-state index is 0.713. The highest BCUT2D eigenvalue weighted by molar-refractivity contribution is 7.98. The van der Waals surface area contributed by atoms with E-state index in [4.69, 9.17) is 0 Å². The van der Waals surface area contributed by atoms with Crippen molar-refractivity contribution in [1.82, 2.24) is 10.2 Å². The van der Waals surface area contributed by atoms with Crippen molar-refractivity contribution in [3.05, 3.63) is 0 Å². The smallest absolute Gasteiger partial charge is 0.0198 e. The van der Waals surface area contributed by atoms with Crippen LogP contribution in [0.15, 0.2) is 0 Å². The van der Waals surface area contributed by atoms with Crippen molar-refractivity contribution < 1.29 is 0 Å². The SMILES string of the molecule is CSCCCN1CC(CC(C)C)NCC1C. The topological polar surface area (TPSA) is 15.3 Å². The first kappa shape index (κ1) is 14.3. The third-order valence-corrected chi connectivity index (χ3v) is 4.03. The molecule has 96 valence electrons. The highest BCUT2D eigenvalue weighted by Gasteiger charge is 2.24. The van der Waals surface area contributed by atoms with Crippen LogP contribution in [0.3, 0.4) is 0 Å². The predicted octanol–water partition coefficient (Wildman–Crippen LogP) is 2.45. The van der Waals surface area contributed by atoms with Gasteiger partial charge in [-0.15, -0.1) is 0 Å². The first-order valence-electron chi connectivity index (χ1n) is 6.59. The molecule has 1 rings (SSSR count). The minimum absolute atomic E-state index is 0.713. The molecule has 2 nitrogen and oxygen atoms in total. The van der Waals surface area contributed by atoms with Gasteiger partial charge in [-0.1, -0.05) is 13.8 Å². The van der Waals surface area contributed by atoms with Crippen molar-refractivity contribution in [2.24, 2.45) is 5.92 Å². The lowest BCUT2D eigenvalue weighted by Crippen LogP contribution is -2.55. The Bertz CT molecular complexity index is 185. The Labute approximate surface area is 106 Å². The first-order valence-corrected chi connectivity index (χ1v) is 7.99. The second-order valence-electron chi connectivity index (χ2n) is 5.43. The van der Waals surface area contributed by atoms with Gasteiger partial charge in [-0.3, -0.25) is 4.90 Å². The van der Waals surface area contributed by atoms with Crippen LogP contribution in [0.5, 0.6) is 0 Å². The number of thioether (sulfide) groups is 1. The molecule has 1 aliphatic heterocycles. The maximum absolute atomic E-state index is 3.67. The molecule has 0 spiro atoms. The number of hydrogen-bond acceptors (Lipinski definition) is 3. The summed E-state index contributed by atoms with van der Waals surface area (Å²) in [4.78, 5) is 2.67. The Morgan fingerprint density at radius 3 is 2.81 bits per heavy atom. The highest BCUT2D eigenvalue weighted by Crippen LogP contribution is 2.13. The lowest BCUT2D eigenvalue weighted by atomic mass is 10.00. The first-order chi connectivity index (χ1) is 7.63. The molecule has 1 aliphatic rings. The summed E-state index contributed by atoms with van der Waals surface area (Å²) in [7, 11) is 0. The van der Waals surface area contributed by atoms with Crippen molar-refractivity contribution in [2.45, 2.75) is 45.7 Å². The van der Waals surface area contributed by atoms with E-state index in [0.717, 1.165) is 12.5 Å². The molecule has 3 heteroatoms. The summed E-state index contributed by atoms with van der Waals surface area (Å²) in [6.45, 7) is 10.7. The summed E-state index contributed by atoms with van der Waals surface area (Å²) in [5.41, 5.74) is 0. The number of nitrogens with one attached hydrogen (secondary N) is 1. The van der Waals surface area contributed by atoms with Crippen molar-refractivity contribution in [2.75, 3.05) is 31.6 Å². The summed E-state index contributed by atoms with van der Waals surface area (Å²) >= 11 is 1.96. The van der Waals surface area contributed by atoms with Crippen LogP contribution < -0.4 is 5.32 Å². The van der Waals surface area contributed by atoms with Crippen molar-refractivity contribution in [3.8, 4) is 0 Å². The van der Waals surface area contributed by atoms with E-state index in [2.05, 4.69) is 37.2 Å². The second kappa shape index (κ2) is 7.57. The van der Waals surface area contributed by atoms with Crippen molar-refractivity contribution in [1.29, 1.82) is 0 Å². The second-order valence-corrected chi connectivity index (χ2v) is 6.41. The summed E-state index contributed by atoms with van der Waals surface area (Å²) in [6, 6.07) is 1.43. The molecule has 1 fully saturated rings. The van der Waals surface area contributed by atoms with Crippen LogP contribution in [-0.4, -0.2) is 48.6 Å². The molecule has 0 aromatic rings. The van der Waals surface area contributed by atoms with Gasteiger partial charge in [0, 0.05) is 25.2 Å². The molecule has 2 unspecified atom stereocenters. The molecule has 0 aromatic carbocycles. The molecule has 0 amide bonds. The fourth-order valence-electron chi connectivity index (χ4n) is 2.44. The van der Waals surface area contributed by atoms with E-state index < -0.39 is 0 Å². The fraction of sp³-hybridized carbons (Fsp3) is 1.00. The van der Waals surface area contributed by atoms with Gasteiger partial charge in [0.15, 0.2) is 0 Å².